The molecule has 0 saturated heterocycles. The van der Waals surface area contributed by atoms with Crippen LogP contribution in [-0.4, -0.2) is 35.7 Å². The zero-order valence-electron chi connectivity index (χ0n) is 18.8. The monoisotopic (exact) mass is 451 g/mol. The molecule has 33 heavy (non-hydrogen) atoms. The highest BCUT2D eigenvalue weighted by Gasteiger charge is 2.25. The maximum Gasteiger partial charge on any atom is 0.227 e. The smallest absolute Gasteiger partial charge is 0.227 e. The van der Waals surface area contributed by atoms with Crippen molar-refractivity contribution in [1.82, 2.24) is 15.3 Å². The highest BCUT2D eigenvalue weighted by Crippen LogP contribution is 2.39. The summed E-state index contributed by atoms with van der Waals surface area (Å²) in [5, 5.41) is 6.59. The van der Waals surface area contributed by atoms with Gasteiger partial charge in [-0.25, -0.2) is 18.7 Å². The van der Waals surface area contributed by atoms with Gasteiger partial charge in [0, 0.05) is 23.8 Å². The van der Waals surface area contributed by atoms with E-state index in [2.05, 4.69) is 32.7 Å². The first-order chi connectivity index (χ1) is 16.0. The number of fused-ring (bicyclic) bond motifs is 2. The van der Waals surface area contributed by atoms with Gasteiger partial charge in [0.05, 0.1) is 18.4 Å². The van der Waals surface area contributed by atoms with Crippen molar-refractivity contribution < 1.29 is 13.5 Å². The summed E-state index contributed by atoms with van der Waals surface area (Å²) < 4.78 is 35.2. The lowest BCUT2D eigenvalue weighted by atomic mass is 10.0. The van der Waals surface area contributed by atoms with Crippen LogP contribution in [0.1, 0.15) is 31.4 Å². The van der Waals surface area contributed by atoms with Crippen LogP contribution < -0.4 is 20.3 Å². The number of hydrogen-bond donors (Lipinski definition) is 2. The number of aromatic nitrogens is 2. The van der Waals surface area contributed by atoms with Crippen LogP contribution in [-0.2, 0) is 13.0 Å². The zero-order chi connectivity index (χ0) is 22.9. The number of nitrogens with one attached hydrogen (secondary N) is 2. The Labute approximate surface area is 192 Å². The van der Waals surface area contributed by atoms with Gasteiger partial charge in [-0.3, -0.25) is 0 Å². The number of ether oxygens (including phenoxy) is 1. The highest BCUT2D eigenvalue weighted by atomic mass is 19.1. The SMILES string of the molecule is CC(C)N1CCOc2c(F)cc(-c3nc(Nc4ccc5c(c4)CNCCC5)ncc3F)cc21. The third kappa shape index (κ3) is 4.35. The fraction of sp³-hybridized carbons (Fsp3) is 0.360. The van der Waals surface area contributed by atoms with Gasteiger partial charge in [0.25, 0.3) is 0 Å². The maximum atomic E-state index is 14.9. The van der Waals surface area contributed by atoms with E-state index < -0.39 is 11.6 Å². The fourth-order valence-electron chi connectivity index (χ4n) is 4.47. The topological polar surface area (TPSA) is 62.3 Å². The number of halogens is 2. The van der Waals surface area contributed by atoms with E-state index in [4.69, 9.17) is 4.74 Å². The summed E-state index contributed by atoms with van der Waals surface area (Å²) >= 11 is 0. The molecule has 0 aliphatic carbocycles. The predicted molar refractivity (Wildman–Crippen MR) is 125 cm³/mol. The van der Waals surface area contributed by atoms with Crippen LogP contribution in [0.15, 0.2) is 36.5 Å². The summed E-state index contributed by atoms with van der Waals surface area (Å²) in [6, 6.07) is 9.31. The standard InChI is InChI=1S/C25H27F2N5O/c1-15(2)32-8-9-33-24-20(26)11-17(12-22(24)32)23-21(27)14-29-25(31-23)30-19-6-5-16-4-3-7-28-13-18(16)10-19/h5-6,10-12,14-15,28H,3-4,7-9,13H2,1-2H3,(H,29,30,31). The van der Waals surface area contributed by atoms with Crippen LogP contribution in [0.3, 0.4) is 0 Å². The zero-order valence-corrected chi connectivity index (χ0v) is 18.8. The molecule has 0 bridgehead atoms. The van der Waals surface area contributed by atoms with Gasteiger partial charge in [0.2, 0.25) is 5.95 Å². The van der Waals surface area contributed by atoms with E-state index in [1.165, 1.54) is 17.2 Å². The number of nitrogens with zero attached hydrogens (tertiary/aromatic N) is 3. The quantitative estimate of drug-likeness (QED) is 0.594. The van der Waals surface area contributed by atoms with Crippen LogP contribution in [0.25, 0.3) is 11.3 Å². The van der Waals surface area contributed by atoms with E-state index in [-0.39, 0.29) is 23.4 Å². The first-order valence-electron chi connectivity index (χ1n) is 11.3. The molecule has 2 aliphatic rings. The molecule has 0 spiro atoms. The van der Waals surface area contributed by atoms with Crippen molar-refractivity contribution in [2.75, 3.05) is 29.9 Å². The average molecular weight is 452 g/mol. The van der Waals surface area contributed by atoms with Gasteiger partial charge in [-0.1, -0.05) is 6.07 Å². The summed E-state index contributed by atoms with van der Waals surface area (Å²) in [4.78, 5) is 10.5. The lowest BCUT2D eigenvalue weighted by molar-refractivity contribution is 0.287. The molecule has 2 aromatic carbocycles. The van der Waals surface area contributed by atoms with E-state index in [0.717, 1.165) is 37.8 Å². The maximum absolute atomic E-state index is 14.9. The normalized spacial score (nSPS) is 15.5. The van der Waals surface area contributed by atoms with E-state index in [0.29, 0.717) is 24.4 Å². The van der Waals surface area contributed by atoms with Crippen LogP contribution in [0, 0.1) is 11.6 Å². The molecule has 6 nitrogen and oxygen atoms in total. The van der Waals surface area contributed by atoms with Crippen molar-refractivity contribution >= 4 is 17.3 Å². The second-order valence-corrected chi connectivity index (χ2v) is 8.72. The van der Waals surface area contributed by atoms with Crippen LogP contribution in [0.5, 0.6) is 5.75 Å². The molecule has 2 aliphatic heterocycles. The van der Waals surface area contributed by atoms with E-state index in [1.54, 1.807) is 6.07 Å². The Bertz CT molecular complexity index is 1180. The van der Waals surface area contributed by atoms with Gasteiger partial charge >= 0.3 is 0 Å². The summed E-state index contributed by atoms with van der Waals surface area (Å²) in [6.45, 7) is 6.92. The lowest BCUT2D eigenvalue weighted by Gasteiger charge is -2.34. The molecule has 3 heterocycles. The first kappa shape index (κ1) is 21.6. The number of hydrogen-bond acceptors (Lipinski definition) is 6. The third-order valence-corrected chi connectivity index (χ3v) is 6.13. The Morgan fingerprint density at radius 2 is 2.00 bits per heavy atom. The van der Waals surface area contributed by atoms with E-state index in [9.17, 15) is 8.78 Å². The van der Waals surface area contributed by atoms with Gasteiger partial charge in [-0.2, -0.15) is 0 Å². The largest absolute Gasteiger partial charge is 0.486 e. The Morgan fingerprint density at radius 1 is 1.12 bits per heavy atom. The van der Waals surface area contributed by atoms with E-state index in [1.807, 2.05) is 24.8 Å². The minimum atomic E-state index is -0.612. The van der Waals surface area contributed by atoms with Gasteiger partial charge in [0.15, 0.2) is 17.4 Å². The van der Waals surface area contributed by atoms with Gasteiger partial charge in [-0.05, 0) is 68.6 Å². The number of benzene rings is 2. The molecule has 1 aromatic heterocycles. The molecule has 0 radical (unpaired) electrons. The Hall–Kier alpha value is -3.26. The molecule has 3 aromatic rings. The molecule has 8 heteroatoms. The molecular weight excluding hydrogens is 424 g/mol. The minimum absolute atomic E-state index is 0.0416. The molecule has 172 valence electrons. The third-order valence-electron chi connectivity index (χ3n) is 6.13. The minimum Gasteiger partial charge on any atom is -0.486 e. The second kappa shape index (κ2) is 8.94. The van der Waals surface area contributed by atoms with Crippen LogP contribution in [0.2, 0.25) is 0 Å². The van der Waals surface area contributed by atoms with Crippen molar-refractivity contribution in [3.8, 4) is 17.0 Å². The van der Waals surface area contributed by atoms with Crippen molar-refractivity contribution in [2.24, 2.45) is 0 Å². The number of aryl methyl sites for hydroxylation is 1. The first-order valence-corrected chi connectivity index (χ1v) is 11.3. The summed E-state index contributed by atoms with van der Waals surface area (Å²) in [6.07, 6.45) is 3.27. The van der Waals surface area contributed by atoms with Gasteiger partial charge in [-0.15, -0.1) is 0 Å². The van der Waals surface area contributed by atoms with E-state index >= 15 is 0 Å². The van der Waals surface area contributed by atoms with Crippen LogP contribution >= 0.6 is 0 Å². The lowest BCUT2D eigenvalue weighted by Crippen LogP contribution is -2.38. The summed E-state index contributed by atoms with van der Waals surface area (Å²) in [7, 11) is 0. The van der Waals surface area contributed by atoms with Gasteiger partial charge in [0.1, 0.15) is 12.3 Å². The van der Waals surface area contributed by atoms with Crippen molar-refractivity contribution in [3.05, 3.63) is 59.3 Å². The molecule has 0 fully saturated rings. The number of rotatable bonds is 4. The van der Waals surface area contributed by atoms with Crippen molar-refractivity contribution in [1.29, 1.82) is 0 Å². The average Bonchev–Trinajstić information content (AvgIpc) is 3.05. The number of anilines is 3. The summed E-state index contributed by atoms with van der Waals surface area (Å²) in [5.41, 5.74) is 4.37. The molecule has 2 N–H and O–H groups in total. The molecule has 0 amide bonds. The van der Waals surface area contributed by atoms with Crippen molar-refractivity contribution in [2.45, 2.75) is 39.3 Å². The Morgan fingerprint density at radius 3 is 2.85 bits per heavy atom. The van der Waals surface area contributed by atoms with Gasteiger partial charge < -0.3 is 20.3 Å². The van der Waals surface area contributed by atoms with Crippen LogP contribution in [0.4, 0.5) is 26.1 Å². The highest BCUT2D eigenvalue weighted by molar-refractivity contribution is 5.73. The molecule has 0 atom stereocenters. The molecular formula is C25H27F2N5O. The fourth-order valence-corrected chi connectivity index (χ4v) is 4.47. The molecule has 5 rings (SSSR count). The predicted octanol–water partition coefficient (Wildman–Crippen LogP) is 4.81. The Balaban J connectivity index is 1.48. The molecule has 0 saturated carbocycles. The molecule has 0 unspecified atom stereocenters. The Kier molecular flexibility index (Phi) is 5.85. The second-order valence-electron chi connectivity index (χ2n) is 8.72. The summed E-state index contributed by atoms with van der Waals surface area (Å²) in [5.74, 6) is -0.689. The van der Waals surface area contributed by atoms with Crippen molar-refractivity contribution in [3.63, 3.8) is 0 Å².